The van der Waals surface area contributed by atoms with Crippen LogP contribution in [0.5, 0.6) is 0 Å². The highest BCUT2D eigenvalue weighted by Crippen LogP contribution is 2.38. The normalized spacial score (nSPS) is 26.1. The molecule has 1 unspecified atom stereocenters. The van der Waals surface area contributed by atoms with Gasteiger partial charge in [-0.1, -0.05) is 44.2 Å². The molecule has 16 heavy (non-hydrogen) atoms. The Morgan fingerprint density at radius 2 is 1.94 bits per heavy atom. The van der Waals surface area contributed by atoms with Crippen LogP contribution in [0.4, 0.5) is 0 Å². The fourth-order valence-corrected chi connectivity index (χ4v) is 2.69. The first-order valence-electron chi connectivity index (χ1n) is 6.36. The van der Waals surface area contributed by atoms with E-state index in [4.69, 9.17) is 0 Å². The monoisotopic (exact) mass is 215 g/mol. The van der Waals surface area contributed by atoms with Crippen LogP contribution >= 0.6 is 0 Å². The van der Waals surface area contributed by atoms with Gasteiger partial charge in [-0.15, -0.1) is 0 Å². The van der Waals surface area contributed by atoms with Gasteiger partial charge in [0.05, 0.1) is 0 Å². The molecule has 1 fully saturated rings. The standard InChI is InChI=1S/C13H15N.C2H6/c1-9-4-2-3-5-12(9)13-7-11-6-10(13)8-14-11;1-2/h2-5,7,10-11,14H,6,8H2,1H3;1-2H3/t10?,11-;/m1./s1. The van der Waals surface area contributed by atoms with Crippen LogP contribution in [0.1, 0.15) is 31.4 Å². The van der Waals surface area contributed by atoms with E-state index in [0.29, 0.717) is 6.04 Å². The second kappa shape index (κ2) is 4.84. The van der Waals surface area contributed by atoms with E-state index in [-0.39, 0.29) is 0 Å². The van der Waals surface area contributed by atoms with Crippen LogP contribution in [0, 0.1) is 12.8 Å². The summed E-state index contributed by atoms with van der Waals surface area (Å²) in [5.74, 6) is 0.765. The molecule has 2 atom stereocenters. The predicted octanol–water partition coefficient (Wildman–Crippen LogP) is 3.40. The van der Waals surface area contributed by atoms with E-state index in [1.807, 2.05) is 13.8 Å². The third kappa shape index (κ3) is 1.92. The van der Waals surface area contributed by atoms with Gasteiger partial charge in [0.1, 0.15) is 0 Å². The lowest BCUT2D eigenvalue weighted by Crippen LogP contribution is -2.22. The van der Waals surface area contributed by atoms with Crippen molar-refractivity contribution in [2.45, 2.75) is 33.2 Å². The lowest BCUT2D eigenvalue weighted by molar-refractivity contribution is 0.723. The largest absolute Gasteiger partial charge is 0.310 e. The zero-order valence-corrected chi connectivity index (χ0v) is 10.5. The van der Waals surface area contributed by atoms with E-state index in [1.165, 1.54) is 24.1 Å². The number of rotatable bonds is 1. The molecule has 2 bridgehead atoms. The van der Waals surface area contributed by atoms with E-state index in [9.17, 15) is 0 Å². The van der Waals surface area contributed by atoms with Gasteiger partial charge in [-0.05, 0) is 36.0 Å². The molecule has 0 saturated carbocycles. The van der Waals surface area contributed by atoms with Crippen molar-refractivity contribution in [1.82, 2.24) is 5.32 Å². The zero-order chi connectivity index (χ0) is 11.5. The Balaban J connectivity index is 0.000000457. The van der Waals surface area contributed by atoms with Gasteiger partial charge in [0.2, 0.25) is 0 Å². The molecule has 3 rings (SSSR count). The summed E-state index contributed by atoms with van der Waals surface area (Å²) >= 11 is 0. The van der Waals surface area contributed by atoms with Crippen LogP contribution in [0.2, 0.25) is 0 Å². The Morgan fingerprint density at radius 1 is 1.19 bits per heavy atom. The minimum absolute atomic E-state index is 0.648. The first-order chi connectivity index (χ1) is 7.84. The first-order valence-corrected chi connectivity index (χ1v) is 6.36. The summed E-state index contributed by atoms with van der Waals surface area (Å²) in [5, 5.41) is 3.50. The van der Waals surface area contributed by atoms with Gasteiger partial charge in [0, 0.05) is 12.6 Å². The van der Waals surface area contributed by atoms with Gasteiger partial charge >= 0.3 is 0 Å². The molecule has 86 valence electrons. The Hall–Kier alpha value is -1.08. The maximum absolute atomic E-state index is 3.50. The van der Waals surface area contributed by atoms with Gasteiger partial charge in [-0.2, -0.15) is 0 Å². The van der Waals surface area contributed by atoms with E-state index in [2.05, 4.69) is 42.6 Å². The Bertz CT molecular complexity index is 392. The van der Waals surface area contributed by atoms with E-state index >= 15 is 0 Å². The number of fused-ring (bicyclic) bond motifs is 2. The molecule has 1 saturated heterocycles. The van der Waals surface area contributed by atoms with E-state index in [0.717, 1.165) is 5.92 Å². The number of nitrogens with one attached hydrogen (secondary N) is 1. The molecule has 1 nitrogen and oxygen atoms in total. The van der Waals surface area contributed by atoms with E-state index < -0.39 is 0 Å². The fourth-order valence-electron chi connectivity index (χ4n) is 2.69. The molecule has 1 heterocycles. The molecular formula is C15H21N. The van der Waals surface area contributed by atoms with Crippen molar-refractivity contribution < 1.29 is 0 Å². The number of hydrogen-bond acceptors (Lipinski definition) is 1. The summed E-state index contributed by atoms with van der Waals surface area (Å²) in [7, 11) is 0. The Labute approximate surface area is 98.6 Å². The van der Waals surface area contributed by atoms with Crippen molar-refractivity contribution in [2.75, 3.05) is 6.54 Å². The molecule has 0 radical (unpaired) electrons. The molecule has 1 aliphatic heterocycles. The molecule has 0 spiro atoms. The van der Waals surface area contributed by atoms with Crippen LogP contribution in [0.3, 0.4) is 0 Å². The molecule has 0 aromatic heterocycles. The molecule has 1 aliphatic carbocycles. The second-order valence-electron chi connectivity index (χ2n) is 4.38. The number of hydrogen-bond donors (Lipinski definition) is 1. The SMILES string of the molecule is CC.Cc1ccccc1C1=C[C@H]2CC1CN2. The lowest BCUT2D eigenvalue weighted by atomic mass is 9.92. The lowest BCUT2D eigenvalue weighted by Gasteiger charge is -2.16. The molecule has 0 amide bonds. The zero-order valence-electron chi connectivity index (χ0n) is 10.5. The van der Waals surface area contributed by atoms with Crippen LogP contribution in [0.25, 0.3) is 5.57 Å². The highest BCUT2D eigenvalue weighted by molar-refractivity contribution is 5.73. The average Bonchev–Trinajstić information content (AvgIpc) is 2.94. The third-order valence-electron chi connectivity index (χ3n) is 3.44. The summed E-state index contributed by atoms with van der Waals surface area (Å²) in [6, 6.07) is 9.36. The highest BCUT2D eigenvalue weighted by atomic mass is 15.0. The summed E-state index contributed by atoms with van der Waals surface area (Å²) in [5.41, 5.74) is 4.44. The van der Waals surface area contributed by atoms with Crippen molar-refractivity contribution in [3.05, 3.63) is 41.5 Å². The van der Waals surface area contributed by atoms with Crippen LogP contribution < -0.4 is 5.32 Å². The van der Waals surface area contributed by atoms with Crippen LogP contribution in [-0.4, -0.2) is 12.6 Å². The topological polar surface area (TPSA) is 12.0 Å². The summed E-state index contributed by atoms with van der Waals surface area (Å²) in [6.45, 7) is 7.38. The van der Waals surface area contributed by atoms with Gasteiger partial charge in [0.25, 0.3) is 0 Å². The van der Waals surface area contributed by atoms with Gasteiger partial charge in [0.15, 0.2) is 0 Å². The Morgan fingerprint density at radius 3 is 2.50 bits per heavy atom. The van der Waals surface area contributed by atoms with Crippen molar-refractivity contribution in [3.63, 3.8) is 0 Å². The molecule has 1 N–H and O–H groups in total. The maximum Gasteiger partial charge on any atom is 0.0262 e. The highest BCUT2D eigenvalue weighted by Gasteiger charge is 2.33. The minimum Gasteiger partial charge on any atom is -0.310 e. The van der Waals surface area contributed by atoms with Crippen molar-refractivity contribution in [1.29, 1.82) is 0 Å². The van der Waals surface area contributed by atoms with Gasteiger partial charge in [-0.3, -0.25) is 0 Å². The molecule has 1 aromatic carbocycles. The number of aryl methyl sites for hydroxylation is 1. The Kier molecular flexibility index (Phi) is 3.45. The predicted molar refractivity (Wildman–Crippen MR) is 70.4 cm³/mol. The summed E-state index contributed by atoms with van der Waals surface area (Å²) < 4.78 is 0. The fraction of sp³-hybridized carbons (Fsp3) is 0.467. The smallest absolute Gasteiger partial charge is 0.0262 e. The van der Waals surface area contributed by atoms with E-state index in [1.54, 1.807) is 5.57 Å². The molecule has 1 aromatic rings. The van der Waals surface area contributed by atoms with Crippen LogP contribution in [-0.2, 0) is 0 Å². The molecule has 1 heteroatoms. The van der Waals surface area contributed by atoms with Crippen LogP contribution in [0.15, 0.2) is 30.3 Å². The van der Waals surface area contributed by atoms with Gasteiger partial charge < -0.3 is 5.32 Å². The van der Waals surface area contributed by atoms with Crippen molar-refractivity contribution in [3.8, 4) is 0 Å². The molecular weight excluding hydrogens is 194 g/mol. The first kappa shape index (κ1) is 11.4. The molecule has 2 aliphatic rings. The quantitative estimate of drug-likeness (QED) is 0.757. The third-order valence-corrected chi connectivity index (χ3v) is 3.44. The average molecular weight is 215 g/mol. The second-order valence-corrected chi connectivity index (χ2v) is 4.38. The summed E-state index contributed by atoms with van der Waals surface area (Å²) in [4.78, 5) is 0. The van der Waals surface area contributed by atoms with Gasteiger partial charge in [-0.25, -0.2) is 0 Å². The summed E-state index contributed by atoms with van der Waals surface area (Å²) in [6.07, 6.45) is 3.72. The van der Waals surface area contributed by atoms with Crippen molar-refractivity contribution >= 4 is 5.57 Å². The minimum atomic E-state index is 0.648. The van der Waals surface area contributed by atoms with Crippen molar-refractivity contribution in [2.24, 2.45) is 5.92 Å². The maximum atomic E-state index is 3.50. The number of benzene rings is 1.